The molecule has 4 nitrogen and oxygen atoms in total. The molecule has 0 aliphatic carbocycles. The van der Waals surface area contributed by atoms with Crippen molar-refractivity contribution in [3.63, 3.8) is 0 Å². The van der Waals surface area contributed by atoms with Gasteiger partial charge in [0.2, 0.25) is 6.41 Å². The van der Waals surface area contributed by atoms with E-state index in [-0.39, 0.29) is 11.5 Å². The van der Waals surface area contributed by atoms with Crippen LogP contribution in [0.15, 0.2) is 35.5 Å². The lowest BCUT2D eigenvalue weighted by Gasteiger charge is -2.00. The number of carbonyl (C=O) groups is 1. The Bertz CT molecular complexity index is 444. The first-order valence-corrected chi connectivity index (χ1v) is 4.29. The molecule has 0 radical (unpaired) electrons. The van der Waals surface area contributed by atoms with Crippen LogP contribution in [0, 0.1) is 11.6 Å². The highest BCUT2D eigenvalue weighted by molar-refractivity contribution is 6.00. The zero-order valence-corrected chi connectivity index (χ0v) is 8.15. The van der Waals surface area contributed by atoms with Crippen molar-refractivity contribution in [1.29, 1.82) is 0 Å². The van der Waals surface area contributed by atoms with Crippen LogP contribution in [0.1, 0.15) is 0 Å². The Labute approximate surface area is 90.5 Å². The lowest BCUT2D eigenvalue weighted by Crippen LogP contribution is -2.19. The second-order valence-electron chi connectivity index (χ2n) is 2.71. The third kappa shape index (κ3) is 3.16. The van der Waals surface area contributed by atoms with Gasteiger partial charge in [0.1, 0.15) is 17.3 Å². The summed E-state index contributed by atoms with van der Waals surface area (Å²) in [6, 6.07) is 2.91. The first kappa shape index (κ1) is 11.8. The Morgan fingerprint density at radius 1 is 1.44 bits per heavy atom. The highest BCUT2D eigenvalue weighted by atomic mass is 19.1. The normalized spacial score (nSPS) is 11.8. The van der Waals surface area contributed by atoms with Gasteiger partial charge in [-0.2, -0.15) is 0 Å². The highest BCUT2D eigenvalue weighted by Crippen LogP contribution is 2.18. The van der Waals surface area contributed by atoms with E-state index in [2.05, 4.69) is 10.3 Å². The van der Waals surface area contributed by atoms with Crippen molar-refractivity contribution in [3.05, 3.63) is 42.1 Å². The number of nitrogens with one attached hydrogen (secondary N) is 1. The number of benzene rings is 1. The number of amides is 1. The molecule has 84 valence electrons. The van der Waals surface area contributed by atoms with Crippen LogP contribution in [-0.4, -0.2) is 12.2 Å². The quantitative estimate of drug-likeness (QED) is 0.461. The Kier molecular flexibility index (Phi) is 4.14. The van der Waals surface area contributed by atoms with Crippen LogP contribution in [0.5, 0.6) is 0 Å². The SMILES string of the molecule is NC=CC(=Nc1ccc(F)cc1F)NC=O. The third-order valence-corrected chi connectivity index (χ3v) is 1.61. The summed E-state index contributed by atoms with van der Waals surface area (Å²) in [5, 5.41) is 2.22. The summed E-state index contributed by atoms with van der Waals surface area (Å²) in [4.78, 5) is 13.9. The van der Waals surface area contributed by atoms with E-state index in [1.807, 2.05) is 0 Å². The molecule has 1 rings (SSSR count). The fraction of sp³-hybridized carbons (Fsp3) is 0. The van der Waals surface area contributed by atoms with Gasteiger partial charge in [-0.3, -0.25) is 4.79 Å². The molecule has 0 fully saturated rings. The number of hydrogen-bond donors (Lipinski definition) is 2. The minimum Gasteiger partial charge on any atom is -0.404 e. The fourth-order valence-electron chi connectivity index (χ4n) is 0.971. The molecule has 0 atom stereocenters. The van der Waals surface area contributed by atoms with E-state index in [1.165, 1.54) is 6.08 Å². The number of rotatable bonds is 3. The Balaban J connectivity index is 3.06. The van der Waals surface area contributed by atoms with Crippen molar-refractivity contribution >= 4 is 17.9 Å². The van der Waals surface area contributed by atoms with E-state index < -0.39 is 11.6 Å². The minimum absolute atomic E-state index is 0.0583. The van der Waals surface area contributed by atoms with Gasteiger partial charge in [0.25, 0.3) is 0 Å². The van der Waals surface area contributed by atoms with E-state index in [0.29, 0.717) is 12.5 Å². The van der Waals surface area contributed by atoms with Crippen LogP contribution in [0.25, 0.3) is 0 Å². The summed E-state index contributed by atoms with van der Waals surface area (Å²) in [6.07, 6.45) is 2.79. The van der Waals surface area contributed by atoms with Gasteiger partial charge in [-0.1, -0.05) is 0 Å². The third-order valence-electron chi connectivity index (χ3n) is 1.61. The summed E-state index contributed by atoms with van der Waals surface area (Å²) in [5.41, 5.74) is 5.01. The van der Waals surface area contributed by atoms with Crippen molar-refractivity contribution in [1.82, 2.24) is 5.32 Å². The number of halogens is 2. The average molecular weight is 225 g/mol. The van der Waals surface area contributed by atoms with Crippen LogP contribution < -0.4 is 11.1 Å². The molecule has 0 saturated heterocycles. The number of hydrogen-bond acceptors (Lipinski definition) is 3. The van der Waals surface area contributed by atoms with Crippen LogP contribution in [0.4, 0.5) is 14.5 Å². The van der Waals surface area contributed by atoms with Crippen LogP contribution in [0.2, 0.25) is 0 Å². The molecule has 0 unspecified atom stereocenters. The molecule has 0 aliphatic heterocycles. The highest BCUT2D eigenvalue weighted by Gasteiger charge is 2.03. The smallest absolute Gasteiger partial charge is 0.212 e. The lowest BCUT2D eigenvalue weighted by atomic mass is 10.3. The van der Waals surface area contributed by atoms with Gasteiger partial charge in [-0.05, 0) is 24.4 Å². The molecule has 6 heteroatoms. The molecule has 3 N–H and O–H groups in total. The van der Waals surface area contributed by atoms with Crippen LogP contribution in [-0.2, 0) is 4.79 Å². The fourth-order valence-corrected chi connectivity index (χ4v) is 0.971. The molecular weight excluding hydrogens is 216 g/mol. The van der Waals surface area contributed by atoms with Crippen molar-refractivity contribution in [2.75, 3.05) is 0 Å². The van der Waals surface area contributed by atoms with Crippen LogP contribution in [0.3, 0.4) is 0 Å². The summed E-state index contributed by atoms with van der Waals surface area (Å²) >= 11 is 0. The maximum absolute atomic E-state index is 13.2. The summed E-state index contributed by atoms with van der Waals surface area (Å²) < 4.78 is 25.8. The topological polar surface area (TPSA) is 67.5 Å². The molecule has 1 amide bonds. The summed E-state index contributed by atoms with van der Waals surface area (Å²) in [5.74, 6) is -1.46. The lowest BCUT2D eigenvalue weighted by molar-refractivity contribution is -0.108. The van der Waals surface area contributed by atoms with Gasteiger partial charge in [0.05, 0.1) is 0 Å². The van der Waals surface area contributed by atoms with Gasteiger partial charge in [0.15, 0.2) is 5.82 Å². The molecule has 0 saturated carbocycles. The Morgan fingerprint density at radius 2 is 2.19 bits per heavy atom. The average Bonchev–Trinajstić information content (AvgIpc) is 2.23. The number of aliphatic imine (C=N–C) groups is 1. The van der Waals surface area contributed by atoms with Crippen molar-refractivity contribution in [2.24, 2.45) is 10.7 Å². The van der Waals surface area contributed by atoms with Crippen molar-refractivity contribution in [3.8, 4) is 0 Å². The zero-order valence-electron chi connectivity index (χ0n) is 8.15. The maximum Gasteiger partial charge on any atom is 0.212 e. The molecule has 0 aromatic heterocycles. The molecule has 0 bridgehead atoms. The van der Waals surface area contributed by atoms with Gasteiger partial charge in [0, 0.05) is 6.07 Å². The molecular formula is C10H9F2N3O. The largest absolute Gasteiger partial charge is 0.404 e. The predicted octanol–water partition coefficient (Wildman–Crippen LogP) is 1.21. The first-order chi connectivity index (χ1) is 7.67. The van der Waals surface area contributed by atoms with E-state index >= 15 is 0 Å². The summed E-state index contributed by atoms with van der Waals surface area (Å²) in [7, 11) is 0. The van der Waals surface area contributed by atoms with Crippen molar-refractivity contribution in [2.45, 2.75) is 0 Å². The van der Waals surface area contributed by atoms with E-state index in [0.717, 1.165) is 18.3 Å². The number of nitrogens with zero attached hydrogens (tertiary/aromatic N) is 1. The monoisotopic (exact) mass is 225 g/mol. The molecule has 1 aromatic rings. The van der Waals surface area contributed by atoms with E-state index in [9.17, 15) is 13.6 Å². The Hall–Kier alpha value is -2.24. The van der Waals surface area contributed by atoms with Crippen LogP contribution >= 0.6 is 0 Å². The Morgan fingerprint density at radius 3 is 2.75 bits per heavy atom. The van der Waals surface area contributed by atoms with Gasteiger partial charge in [-0.15, -0.1) is 0 Å². The number of amidine groups is 1. The molecule has 1 aromatic carbocycles. The first-order valence-electron chi connectivity index (χ1n) is 4.29. The summed E-state index contributed by atoms with van der Waals surface area (Å²) in [6.45, 7) is 0. The van der Waals surface area contributed by atoms with E-state index in [1.54, 1.807) is 0 Å². The number of carbonyl (C=O) groups excluding carboxylic acids is 1. The van der Waals surface area contributed by atoms with Gasteiger partial charge < -0.3 is 11.1 Å². The van der Waals surface area contributed by atoms with Gasteiger partial charge in [-0.25, -0.2) is 13.8 Å². The van der Waals surface area contributed by atoms with Gasteiger partial charge >= 0.3 is 0 Å². The second-order valence-corrected chi connectivity index (χ2v) is 2.71. The molecule has 0 heterocycles. The molecule has 0 spiro atoms. The standard InChI is InChI=1S/C10H9F2N3O/c11-7-1-2-9(8(12)5-7)15-10(3-4-13)14-6-16/h1-6H,13H2,(H,14,15,16). The zero-order chi connectivity index (χ0) is 12.0. The molecule has 0 aliphatic rings. The predicted molar refractivity (Wildman–Crippen MR) is 56.0 cm³/mol. The minimum atomic E-state index is -0.823. The molecule has 16 heavy (non-hydrogen) atoms. The van der Waals surface area contributed by atoms with E-state index in [4.69, 9.17) is 5.73 Å². The number of nitrogens with two attached hydrogens (primary N) is 1. The van der Waals surface area contributed by atoms with Crippen molar-refractivity contribution < 1.29 is 13.6 Å². The maximum atomic E-state index is 13.2. The second kappa shape index (κ2) is 5.59.